The summed E-state index contributed by atoms with van der Waals surface area (Å²) in [5.41, 5.74) is 0.207. The van der Waals surface area contributed by atoms with Gasteiger partial charge in [-0.15, -0.1) is 0 Å². The van der Waals surface area contributed by atoms with Gasteiger partial charge >= 0.3 is 0 Å². The third-order valence-electron chi connectivity index (χ3n) is 4.67. The molecule has 2 N–H and O–H groups in total. The van der Waals surface area contributed by atoms with Gasteiger partial charge in [-0.25, -0.2) is 0 Å². The van der Waals surface area contributed by atoms with Crippen molar-refractivity contribution in [2.45, 2.75) is 44.6 Å². The van der Waals surface area contributed by atoms with Gasteiger partial charge in [0.25, 0.3) is 0 Å². The van der Waals surface area contributed by atoms with Crippen LogP contribution in [0.25, 0.3) is 0 Å². The van der Waals surface area contributed by atoms with Gasteiger partial charge in [-0.05, 0) is 11.5 Å². The maximum atomic E-state index is 12.7. The number of benzene rings is 1. The Hall–Kier alpha value is -1.39. The molecule has 1 aromatic rings. The lowest BCUT2D eigenvalue weighted by molar-refractivity contribution is -0.126. The molecule has 0 spiro atoms. The minimum Gasteiger partial charge on any atom is -0.388 e. The SMILES string of the molecule is CCC(C)C(C(=O)NCC1(O)CCOCC1)c1ccccc1. The van der Waals surface area contributed by atoms with Gasteiger partial charge in [0, 0.05) is 32.6 Å². The summed E-state index contributed by atoms with van der Waals surface area (Å²) in [6.45, 7) is 5.61. The molecule has 1 heterocycles. The van der Waals surface area contributed by atoms with E-state index in [1.54, 1.807) is 0 Å². The van der Waals surface area contributed by atoms with Gasteiger partial charge in [-0.1, -0.05) is 50.6 Å². The molecule has 1 aromatic carbocycles. The fraction of sp³-hybridized carbons (Fsp3) is 0.611. The first-order valence-corrected chi connectivity index (χ1v) is 8.18. The van der Waals surface area contributed by atoms with Crippen LogP contribution in [-0.4, -0.2) is 36.4 Å². The minimum atomic E-state index is -0.829. The van der Waals surface area contributed by atoms with Gasteiger partial charge in [0.1, 0.15) is 0 Å². The Morgan fingerprint density at radius 1 is 1.32 bits per heavy atom. The van der Waals surface area contributed by atoms with Gasteiger partial charge in [0.05, 0.1) is 11.5 Å². The van der Waals surface area contributed by atoms with Crippen LogP contribution in [0.4, 0.5) is 0 Å². The zero-order valence-electron chi connectivity index (χ0n) is 13.5. The van der Waals surface area contributed by atoms with Crippen LogP contribution in [0, 0.1) is 5.92 Å². The van der Waals surface area contributed by atoms with E-state index in [2.05, 4.69) is 19.2 Å². The highest BCUT2D eigenvalue weighted by Crippen LogP contribution is 2.27. The number of rotatable bonds is 6. The van der Waals surface area contributed by atoms with Crippen molar-refractivity contribution in [3.05, 3.63) is 35.9 Å². The topological polar surface area (TPSA) is 58.6 Å². The molecular weight excluding hydrogens is 278 g/mol. The second kappa shape index (κ2) is 7.75. The summed E-state index contributed by atoms with van der Waals surface area (Å²) in [4.78, 5) is 12.7. The highest BCUT2D eigenvalue weighted by molar-refractivity contribution is 5.84. The van der Waals surface area contributed by atoms with Crippen molar-refractivity contribution >= 4 is 5.91 Å². The molecule has 2 unspecified atom stereocenters. The summed E-state index contributed by atoms with van der Waals surface area (Å²) in [6.07, 6.45) is 2.09. The second-order valence-corrected chi connectivity index (χ2v) is 6.33. The molecule has 4 nitrogen and oxygen atoms in total. The van der Waals surface area contributed by atoms with E-state index >= 15 is 0 Å². The smallest absolute Gasteiger partial charge is 0.227 e. The normalized spacial score (nSPS) is 20.1. The first-order valence-electron chi connectivity index (χ1n) is 8.18. The molecule has 22 heavy (non-hydrogen) atoms. The molecule has 1 aliphatic heterocycles. The first-order chi connectivity index (χ1) is 10.6. The van der Waals surface area contributed by atoms with Gasteiger partial charge in [-0.2, -0.15) is 0 Å². The van der Waals surface area contributed by atoms with Gasteiger partial charge in [0.2, 0.25) is 5.91 Å². The van der Waals surface area contributed by atoms with Gasteiger partial charge in [-0.3, -0.25) is 4.79 Å². The van der Waals surface area contributed by atoms with Crippen molar-refractivity contribution in [2.24, 2.45) is 5.92 Å². The lowest BCUT2D eigenvalue weighted by Gasteiger charge is -2.33. The minimum absolute atomic E-state index is 0.000432. The van der Waals surface area contributed by atoms with Crippen molar-refractivity contribution in [1.29, 1.82) is 0 Å². The van der Waals surface area contributed by atoms with Crippen LogP contribution in [0.5, 0.6) is 0 Å². The summed E-state index contributed by atoms with van der Waals surface area (Å²) in [7, 11) is 0. The molecule has 2 atom stereocenters. The number of aliphatic hydroxyl groups is 1. The van der Waals surface area contributed by atoms with E-state index in [1.165, 1.54) is 0 Å². The van der Waals surface area contributed by atoms with E-state index in [0.717, 1.165) is 12.0 Å². The first kappa shape index (κ1) is 17.0. The van der Waals surface area contributed by atoms with Crippen LogP contribution in [0.3, 0.4) is 0 Å². The Labute approximate surface area is 132 Å². The Bertz CT molecular complexity index is 468. The van der Waals surface area contributed by atoms with Crippen LogP contribution in [-0.2, 0) is 9.53 Å². The second-order valence-electron chi connectivity index (χ2n) is 6.33. The Kier molecular flexibility index (Phi) is 5.98. The van der Waals surface area contributed by atoms with Crippen LogP contribution in [0.1, 0.15) is 44.6 Å². The van der Waals surface area contributed by atoms with E-state index in [9.17, 15) is 9.90 Å². The van der Waals surface area contributed by atoms with Crippen LogP contribution >= 0.6 is 0 Å². The highest BCUT2D eigenvalue weighted by Gasteiger charge is 2.32. The van der Waals surface area contributed by atoms with Crippen LogP contribution in [0.2, 0.25) is 0 Å². The average Bonchev–Trinajstić information content (AvgIpc) is 2.55. The maximum absolute atomic E-state index is 12.7. The molecule has 1 fully saturated rings. The highest BCUT2D eigenvalue weighted by atomic mass is 16.5. The number of carbonyl (C=O) groups is 1. The summed E-state index contributed by atoms with van der Waals surface area (Å²) in [6, 6.07) is 9.88. The van der Waals surface area contributed by atoms with E-state index in [1.807, 2.05) is 30.3 Å². The fourth-order valence-electron chi connectivity index (χ4n) is 2.92. The Balaban J connectivity index is 2.03. The quantitative estimate of drug-likeness (QED) is 0.849. The molecule has 1 aliphatic rings. The zero-order chi connectivity index (χ0) is 16.0. The molecule has 0 radical (unpaired) electrons. The molecule has 4 heteroatoms. The molecule has 122 valence electrons. The molecule has 0 bridgehead atoms. The molecule has 0 aliphatic carbocycles. The molecule has 2 rings (SSSR count). The van der Waals surface area contributed by atoms with Gasteiger partial charge < -0.3 is 15.2 Å². The van der Waals surface area contributed by atoms with Crippen molar-refractivity contribution in [1.82, 2.24) is 5.32 Å². The summed E-state index contributed by atoms with van der Waals surface area (Å²) >= 11 is 0. The van der Waals surface area contributed by atoms with Crippen molar-refractivity contribution in [3.8, 4) is 0 Å². The van der Waals surface area contributed by atoms with Crippen molar-refractivity contribution in [2.75, 3.05) is 19.8 Å². The van der Waals surface area contributed by atoms with Crippen LogP contribution < -0.4 is 5.32 Å². The molecule has 0 aromatic heterocycles. The maximum Gasteiger partial charge on any atom is 0.227 e. The van der Waals surface area contributed by atoms with E-state index in [-0.39, 0.29) is 17.7 Å². The number of hydrogen-bond donors (Lipinski definition) is 2. The summed E-state index contributed by atoms with van der Waals surface area (Å²) in [5.74, 6) is 0.0850. The van der Waals surface area contributed by atoms with Crippen LogP contribution in [0.15, 0.2) is 30.3 Å². The van der Waals surface area contributed by atoms with E-state index < -0.39 is 5.60 Å². The Morgan fingerprint density at radius 3 is 2.55 bits per heavy atom. The number of amides is 1. The lowest BCUT2D eigenvalue weighted by Crippen LogP contribution is -2.48. The predicted molar refractivity (Wildman–Crippen MR) is 86.7 cm³/mol. The molecule has 0 saturated carbocycles. The number of carbonyl (C=O) groups excluding carboxylic acids is 1. The molecule has 1 amide bonds. The third kappa shape index (κ3) is 4.31. The lowest BCUT2D eigenvalue weighted by atomic mass is 9.84. The van der Waals surface area contributed by atoms with Crippen molar-refractivity contribution in [3.63, 3.8) is 0 Å². The monoisotopic (exact) mass is 305 g/mol. The number of nitrogens with one attached hydrogen (secondary N) is 1. The molecular formula is C18H27NO3. The average molecular weight is 305 g/mol. The fourth-order valence-corrected chi connectivity index (χ4v) is 2.92. The van der Waals surface area contributed by atoms with Gasteiger partial charge in [0.15, 0.2) is 0 Å². The third-order valence-corrected chi connectivity index (χ3v) is 4.67. The Morgan fingerprint density at radius 2 is 1.95 bits per heavy atom. The standard InChI is InChI=1S/C18H27NO3/c1-3-14(2)16(15-7-5-4-6-8-15)17(20)19-13-18(21)9-11-22-12-10-18/h4-8,14,16,21H,3,9-13H2,1-2H3,(H,19,20). The van der Waals surface area contributed by atoms with Crippen molar-refractivity contribution < 1.29 is 14.6 Å². The summed E-state index contributed by atoms with van der Waals surface area (Å²) in [5, 5.41) is 13.4. The largest absolute Gasteiger partial charge is 0.388 e. The predicted octanol–water partition coefficient (Wildman–Crippen LogP) is 2.47. The van der Waals surface area contributed by atoms with E-state index in [0.29, 0.717) is 32.6 Å². The molecule has 1 saturated heterocycles. The summed E-state index contributed by atoms with van der Waals surface area (Å²) < 4.78 is 5.27. The zero-order valence-corrected chi connectivity index (χ0v) is 13.5. The number of ether oxygens (including phenoxy) is 1. The number of hydrogen-bond acceptors (Lipinski definition) is 3. The van der Waals surface area contributed by atoms with E-state index in [4.69, 9.17) is 4.74 Å².